The minimum absolute atomic E-state index is 0. The topological polar surface area (TPSA) is 70.3 Å². The molecule has 1 saturated heterocycles. The SMILES string of the molecule is CN=C(NCCCOC1CCCC1)N1CCN(C(=O)c2ccco2)CC1.I. The molecular formula is C19H31IN4O3. The maximum Gasteiger partial charge on any atom is 0.289 e. The van der Waals surface area contributed by atoms with Crippen LogP contribution in [0.25, 0.3) is 0 Å². The summed E-state index contributed by atoms with van der Waals surface area (Å²) in [5, 5.41) is 3.41. The summed E-state index contributed by atoms with van der Waals surface area (Å²) in [6.07, 6.45) is 8.05. The Labute approximate surface area is 178 Å². The molecular weight excluding hydrogens is 459 g/mol. The van der Waals surface area contributed by atoms with Crippen LogP contribution in [0.1, 0.15) is 42.7 Å². The molecule has 27 heavy (non-hydrogen) atoms. The average Bonchev–Trinajstić information content (AvgIpc) is 3.38. The summed E-state index contributed by atoms with van der Waals surface area (Å²) in [4.78, 5) is 20.7. The Bertz CT molecular complexity index is 580. The van der Waals surface area contributed by atoms with Crippen molar-refractivity contribution in [3.63, 3.8) is 0 Å². The minimum atomic E-state index is -0.0401. The van der Waals surface area contributed by atoms with E-state index in [2.05, 4.69) is 15.2 Å². The van der Waals surface area contributed by atoms with Crippen LogP contribution in [-0.4, -0.2) is 74.1 Å². The van der Waals surface area contributed by atoms with Gasteiger partial charge in [0.2, 0.25) is 0 Å². The number of carbonyl (C=O) groups is 1. The second-order valence-electron chi connectivity index (χ2n) is 6.86. The third-order valence-electron chi connectivity index (χ3n) is 5.07. The average molecular weight is 490 g/mol. The van der Waals surface area contributed by atoms with Crippen LogP contribution in [0, 0.1) is 0 Å². The monoisotopic (exact) mass is 490 g/mol. The van der Waals surface area contributed by atoms with E-state index < -0.39 is 0 Å². The van der Waals surface area contributed by atoms with Crippen LogP contribution in [0.2, 0.25) is 0 Å². The number of guanidine groups is 1. The van der Waals surface area contributed by atoms with Crippen LogP contribution in [0.4, 0.5) is 0 Å². The summed E-state index contributed by atoms with van der Waals surface area (Å²) in [6.45, 7) is 4.54. The number of ether oxygens (including phenoxy) is 1. The molecule has 1 aliphatic heterocycles. The van der Waals surface area contributed by atoms with Gasteiger partial charge in [0.25, 0.3) is 5.91 Å². The van der Waals surface area contributed by atoms with Crippen molar-refractivity contribution in [1.82, 2.24) is 15.1 Å². The normalized spacial score (nSPS) is 18.5. The first-order chi connectivity index (χ1) is 12.8. The first kappa shape index (κ1) is 22.0. The third kappa shape index (κ3) is 6.38. The number of furan rings is 1. The van der Waals surface area contributed by atoms with Crippen molar-refractivity contribution in [3.05, 3.63) is 24.2 Å². The highest BCUT2D eigenvalue weighted by molar-refractivity contribution is 14.0. The smallest absolute Gasteiger partial charge is 0.289 e. The zero-order valence-corrected chi connectivity index (χ0v) is 18.4. The predicted molar refractivity (Wildman–Crippen MR) is 116 cm³/mol. The fourth-order valence-electron chi connectivity index (χ4n) is 3.59. The van der Waals surface area contributed by atoms with Gasteiger partial charge in [-0.15, -0.1) is 24.0 Å². The highest BCUT2D eigenvalue weighted by Gasteiger charge is 2.25. The van der Waals surface area contributed by atoms with E-state index in [-0.39, 0.29) is 29.9 Å². The molecule has 1 saturated carbocycles. The van der Waals surface area contributed by atoms with Crippen molar-refractivity contribution in [2.45, 2.75) is 38.2 Å². The van der Waals surface area contributed by atoms with Crippen LogP contribution in [0.3, 0.4) is 0 Å². The molecule has 2 aliphatic rings. The zero-order valence-electron chi connectivity index (χ0n) is 16.1. The van der Waals surface area contributed by atoms with Crippen molar-refractivity contribution in [3.8, 4) is 0 Å². The molecule has 0 unspecified atom stereocenters. The molecule has 1 N–H and O–H groups in total. The number of rotatable bonds is 6. The molecule has 7 nitrogen and oxygen atoms in total. The summed E-state index contributed by atoms with van der Waals surface area (Å²) >= 11 is 0. The van der Waals surface area contributed by atoms with E-state index in [9.17, 15) is 4.79 Å². The molecule has 152 valence electrons. The van der Waals surface area contributed by atoms with Gasteiger partial charge in [0, 0.05) is 46.4 Å². The van der Waals surface area contributed by atoms with Crippen molar-refractivity contribution in [2.75, 3.05) is 46.4 Å². The Balaban J connectivity index is 0.00000261. The summed E-state index contributed by atoms with van der Waals surface area (Å²) in [6, 6.07) is 3.45. The maximum atomic E-state index is 12.3. The molecule has 2 heterocycles. The van der Waals surface area contributed by atoms with Gasteiger partial charge in [-0.05, 0) is 31.4 Å². The molecule has 0 atom stereocenters. The summed E-state index contributed by atoms with van der Waals surface area (Å²) in [5.41, 5.74) is 0. The van der Waals surface area contributed by atoms with Crippen LogP contribution in [0.5, 0.6) is 0 Å². The van der Waals surface area contributed by atoms with Gasteiger partial charge >= 0.3 is 0 Å². The number of piperazine rings is 1. The van der Waals surface area contributed by atoms with Crippen LogP contribution in [-0.2, 0) is 4.74 Å². The number of hydrogen-bond acceptors (Lipinski definition) is 4. The fraction of sp³-hybridized carbons (Fsp3) is 0.684. The van der Waals surface area contributed by atoms with E-state index in [1.54, 1.807) is 19.2 Å². The Morgan fingerprint density at radius 2 is 1.96 bits per heavy atom. The Morgan fingerprint density at radius 1 is 1.26 bits per heavy atom. The molecule has 2 fully saturated rings. The van der Waals surface area contributed by atoms with Gasteiger partial charge in [-0.3, -0.25) is 9.79 Å². The number of nitrogens with zero attached hydrogens (tertiary/aromatic N) is 3. The number of nitrogens with one attached hydrogen (secondary N) is 1. The van der Waals surface area contributed by atoms with Crippen molar-refractivity contribution in [1.29, 1.82) is 0 Å². The summed E-state index contributed by atoms with van der Waals surface area (Å²) < 4.78 is 11.1. The minimum Gasteiger partial charge on any atom is -0.459 e. The third-order valence-corrected chi connectivity index (χ3v) is 5.07. The standard InChI is InChI=1S/C19H30N4O3.HI/c1-20-19(21-9-5-15-25-16-6-2-3-7-16)23-12-10-22(11-13-23)18(24)17-8-4-14-26-17;/h4,8,14,16H,2-3,5-7,9-13,15H2,1H3,(H,20,21);1H. The van der Waals surface area contributed by atoms with Crippen LogP contribution < -0.4 is 5.32 Å². The first-order valence-corrected chi connectivity index (χ1v) is 9.68. The second kappa shape index (κ2) is 11.5. The van der Waals surface area contributed by atoms with Gasteiger partial charge < -0.3 is 24.3 Å². The molecule has 1 amide bonds. The van der Waals surface area contributed by atoms with E-state index in [0.29, 0.717) is 25.0 Å². The lowest BCUT2D eigenvalue weighted by atomic mass is 10.3. The maximum absolute atomic E-state index is 12.3. The molecule has 0 aromatic carbocycles. The van der Waals surface area contributed by atoms with Gasteiger partial charge in [-0.25, -0.2) is 0 Å². The van der Waals surface area contributed by atoms with E-state index in [4.69, 9.17) is 9.15 Å². The van der Waals surface area contributed by atoms with Gasteiger partial charge in [0.05, 0.1) is 12.4 Å². The number of aliphatic imine (C=N–C) groups is 1. The van der Waals surface area contributed by atoms with Crippen molar-refractivity contribution in [2.24, 2.45) is 4.99 Å². The fourth-order valence-corrected chi connectivity index (χ4v) is 3.59. The quantitative estimate of drug-likeness (QED) is 0.288. The van der Waals surface area contributed by atoms with E-state index in [0.717, 1.165) is 38.6 Å². The molecule has 0 radical (unpaired) electrons. The highest BCUT2D eigenvalue weighted by Crippen LogP contribution is 2.20. The zero-order chi connectivity index (χ0) is 18.2. The molecule has 0 spiro atoms. The van der Waals surface area contributed by atoms with E-state index >= 15 is 0 Å². The van der Waals surface area contributed by atoms with Gasteiger partial charge in [-0.2, -0.15) is 0 Å². The predicted octanol–water partition coefficient (Wildman–Crippen LogP) is 2.58. The van der Waals surface area contributed by atoms with E-state index in [1.807, 2.05) is 4.90 Å². The van der Waals surface area contributed by atoms with Gasteiger partial charge in [-0.1, -0.05) is 12.8 Å². The molecule has 1 aromatic rings. The molecule has 0 bridgehead atoms. The number of carbonyl (C=O) groups excluding carboxylic acids is 1. The lowest BCUT2D eigenvalue weighted by Gasteiger charge is -2.36. The van der Waals surface area contributed by atoms with Crippen LogP contribution in [0.15, 0.2) is 27.8 Å². The lowest BCUT2D eigenvalue weighted by Crippen LogP contribution is -2.53. The van der Waals surface area contributed by atoms with Crippen molar-refractivity contribution < 1.29 is 13.9 Å². The van der Waals surface area contributed by atoms with Gasteiger partial charge in [0.1, 0.15) is 0 Å². The van der Waals surface area contributed by atoms with Gasteiger partial charge in [0.15, 0.2) is 11.7 Å². The Morgan fingerprint density at radius 3 is 2.59 bits per heavy atom. The summed E-state index contributed by atoms with van der Waals surface area (Å²) in [7, 11) is 1.80. The number of halogens is 1. The molecule has 1 aromatic heterocycles. The van der Waals surface area contributed by atoms with Crippen molar-refractivity contribution >= 4 is 35.8 Å². The van der Waals surface area contributed by atoms with E-state index in [1.165, 1.54) is 31.9 Å². The molecule has 1 aliphatic carbocycles. The highest BCUT2D eigenvalue weighted by atomic mass is 127. The molecule has 8 heteroatoms. The number of hydrogen-bond donors (Lipinski definition) is 1. The largest absolute Gasteiger partial charge is 0.459 e. The lowest BCUT2D eigenvalue weighted by molar-refractivity contribution is 0.0571. The summed E-state index contributed by atoms with van der Waals surface area (Å²) in [5.74, 6) is 1.26. The first-order valence-electron chi connectivity index (χ1n) is 9.68. The Kier molecular flexibility index (Phi) is 9.40. The second-order valence-corrected chi connectivity index (χ2v) is 6.86. The Hall–Kier alpha value is -1.29. The van der Waals surface area contributed by atoms with Crippen LogP contribution >= 0.6 is 24.0 Å². The number of amides is 1. The molecule has 3 rings (SSSR count).